The van der Waals surface area contributed by atoms with Crippen LogP contribution in [-0.2, 0) is 9.47 Å². The number of hydrogen-bond acceptors (Lipinski definition) is 3. The molecular weight excluding hydrogens is 202 g/mol. The van der Waals surface area contributed by atoms with E-state index in [4.69, 9.17) is 9.47 Å². The molecule has 0 heterocycles. The maximum Gasteiger partial charge on any atom is 0.0638 e. The number of rotatable bonds is 10. The van der Waals surface area contributed by atoms with Gasteiger partial charge in [0, 0.05) is 19.8 Å². The molecule has 0 rings (SSSR count). The molecule has 0 aliphatic rings. The SMILES string of the molecule is CCCNC(COCCC)CC(C)(C)OC. The van der Waals surface area contributed by atoms with Crippen LogP contribution in [0.3, 0.4) is 0 Å². The highest BCUT2D eigenvalue weighted by Crippen LogP contribution is 2.15. The third-order valence-electron chi connectivity index (χ3n) is 2.64. The van der Waals surface area contributed by atoms with E-state index in [1.54, 1.807) is 7.11 Å². The van der Waals surface area contributed by atoms with E-state index in [0.29, 0.717) is 6.04 Å². The van der Waals surface area contributed by atoms with E-state index >= 15 is 0 Å². The van der Waals surface area contributed by atoms with Crippen molar-refractivity contribution in [3.8, 4) is 0 Å². The van der Waals surface area contributed by atoms with Gasteiger partial charge in [-0.3, -0.25) is 0 Å². The van der Waals surface area contributed by atoms with E-state index < -0.39 is 0 Å². The molecule has 0 saturated carbocycles. The van der Waals surface area contributed by atoms with E-state index in [-0.39, 0.29) is 5.60 Å². The molecule has 16 heavy (non-hydrogen) atoms. The van der Waals surface area contributed by atoms with Gasteiger partial charge in [0.25, 0.3) is 0 Å². The van der Waals surface area contributed by atoms with Gasteiger partial charge in [-0.1, -0.05) is 13.8 Å². The Kier molecular flexibility index (Phi) is 8.90. The number of methoxy groups -OCH3 is 1. The van der Waals surface area contributed by atoms with Crippen molar-refractivity contribution in [1.82, 2.24) is 5.32 Å². The van der Waals surface area contributed by atoms with Crippen molar-refractivity contribution in [2.75, 3.05) is 26.9 Å². The Balaban J connectivity index is 3.98. The lowest BCUT2D eigenvalue weighted by atomic mass is 9.99. The van der Waals surface area contributed by atoms with E-state index in [9.17, 15) is 0 Å². The summed E-state index contributed by atoms with van der Waals surface area (Å²) in [6, 6.07) is 0.390. The van der Waals surface area contributed by atoms with Crippen LogP contribution in [0.5, 0.6) is 0 Å². The Morgan fingerprint density at radius 1 is 1.19 bits per heavy atom. The third-order valence-corrected chi connectivity index (χ3v) is 2.64. The fourth-order valence-corrected chi connectivity index (χ4v) is 1.59. The minimum atomic E-state index is -0.0824. The van der Waals surface area contributed by atoms with Crippen LogP contribution < -0.4 is 5.32 Å². The van der Waals surface area contributed by atoms with Crippen LogP contribution in [0.4, 0.5) is 0 Å². The molecule has 0 amide bonds. The quantitative estimate of drug-likeness (QED) is 0.586. The van der Waals surface area contributed by atoms with Gasteiger partial charge in [-0.05, 0) is 39.7 Å². The van der Waals surface area contributed by atoms with E-state index in [1.165, 1.54) is 0 Å². The lowest BCUT2D eigenvalue weighted by Gasteiger charge is -2.29. The van der Waals surface area contributed by atoms with E-state index in [1.807, 2.05) is 0 Å². The average Bonchev–Trinajstić information content (AvgIpc) is 2.25. The van der Waals surface area contributed by atoms with Gasteiger partial charge in [0.05, 0.1) is 12.2 Å². The highest BCUT2D eigenvalue weighted by molar-refractivity contribution is 4.78. The molecule has 0 bridgehead atoms. The molecule has 0 aliphatic carbocycles. The molecule has 0 radical (unpaired) electrons. The highest BCUT2D eigenvalue weighted by Gasteiger charge is 2.22. The van der Waals surface area contributed by atoms with Crippen LogP contribution in [0.2, 0.25) is 0 Å². The van der Waals surface area contributed by atoms with Crippen molar-refractivity contribution >= 4 is 0 Å². The molecule has 1 atom stereocenters. The van der Waals surface area contributed by atoms with Gasteiger partial charge in [-0.25, -0.2) is 0 Å². The molecule has 0 spiro atoms. The van der Waals surface area contributed by atoms with Crippen LogP contribution in [0, 0.1) is 0 Å². The molecule has 0 aliphatic heterocycles. The molecule has 98 valence electrons. The van der Waals surface area contributed by atoms with E-state index in [2.05, 4.69) is 33.0 Å². The van der Waals surface area contributed by atoms with Crippen molar-refractivity contribution < 1.29 is 9.47 Å². The minimum Gasteiger partial charge on any atom is -0.380 e. The Morgan fingerprint density at radius 3 is 2.38 bits per heavy atom. The zero-order chi connectivity index (χ0) is 12.4. The van der Waals surface area contributed by atoms with Gasteiger partial charge in [0.1, 0.15) is 0 Å². The van der Waals surface area contributed by atoms with Crippen LogP contribution >= 0.6 is 0 Å². The molecule has 0 aromatic heterocycles. The summed E-state index contributed by atoms with van der Waals surface area (Å²) in [5.41, 5.74) is -0.0824. The summed E-state index contributed by atoms with van der Waals surface area (Å²) in [6.45, 7) is 11.2. The summed E-state index contributed by atoms with van der Waals surface area (Å²) >= 11 is 0. The lowest BCUT2D eigenvalue weighted by molar-refractivity contribution is -0.00455. The second-order valence-corrected chi connectivity index (χ2v) is 4.89. The number of hydrogen-bond donors (Lipinski definition) is 1. The Hall–Kier alpha value is -0.120. The largest absolute Gasteiger partial charge is 0.380 e. The summed E-state index contributed by atoms with van der Waals surface area (Å²) in [7, 11) is 1.77. The number of ether oxygens (including phenoxy) is 2. The predicted molar refractivity (Wildman–Crippen MR) is 68.9 cm³/mol. The molecule has 0 aromatic rings. The standard InChI is InChI=1S/C13H29NO2/c1-6-8-14-12(11-16-9-7-2)10-13(3,4)15-5/h12,14H,6-11H2,1-5H3. The van der Waals surface area contributed by atoms with Crippen LogP contribution in [-0.4, -0.2) is 38.5 Å². The topological polar surface area (TPSA) is 30.5 Å². The maximum absolute atomic E-state index is 5.61. The fourth-order valence-electron chi connectivity index (χ4n) is 1.59. The van der Waals surface area contributed by atoms with Crippen molar-refractivity contribution in [2.45, 2.75) is 58.6 Å². The zero-order valence-corrected chi connectivity index (χ0v) is 11.6. The van der Waals surface area contributed by atoms with Gasteiger partial charge < -0.3 is 14.8 Å². The third kappa shape index (κ3) is 8.08. The minimum absolute atomic E-state index is 0.0824. The molecule has 1 N–H and O–H groups in total. The van der Waals surface area contributed by atoms with Crippen LogP contribution in [0.25, 0.3) is 0 Å². The van der Waals surface area contributed by atoms with Gasteiger partial charge in [0.2, 0.25) is 0 Å². The smallest absolute Gasteiger partial charge is 0.0638 e. The lowest BCUT2D eigenvalue weighted by Crippen LogP contribution is -2.41. The second kappa shape index (κ2) is 8.97. The predicted octanol–water partition coefficient (Wildman–Crippen LogP) is 2.60. The molecule has 3 heteroatoms. The first kappa shape index (κ1) is 15.9. The second-order valence-electron chi connectivity index (χ2n) is 4.89. The van der Waals surface area contributed by atoms with Crippen molar-refractivity contribution in [3.05, 3.63) is 0 Å². The molecule has 0 saturated heterocycles. The first-order chi connectivity index (χ1) is 7.55. The maximum atomic E-state index is 5.61. The summed E-state index contributed by atoms with van der Waals surface area (Å²) in [4.78, 5) is 0. The monoisotopic (exact) mass is 231 g/mol. The molecule has 0 aromatic carbocycles. The first-order valence-corrected chi connectivity index (χ1v) is 6.42. The van der Waals surface area contributed by atoms with Crippen molar-refractivity contribution in [2.24, 2.45) is 0 Å². The van der Waals surface area contributed by atoms with Gasteiger partial charge in [-0.2, -0.15) is 0 Å². The molecule has 1 unspecified atom stereocenters. The number of nitrogens with one attached hydrogen (secondary N) is 1. The van der Waals surface area contributed by atoms with Gasteiger partial charge in [0.15, 0.2) is 0 Å². The average molecular weight is 231 g/mol. The van der Waals surface area contributed by atoms with Gasteiger partial charge >= 0.3 is 0 Å². The fraction of sp³-hybridized carbons (Fsp3) is 1.00. The molecular formula is C13H29NO2. The van der Waals surface area contributed by atoms with Gasteiger partial charge in [-0.15, -0.1) is 0 Å². The Labute approximate surface area is 101 Å². The molecule has 0 fully saturated rings. The van der Waals surface area contributed by atoms with Crippen LogP contribution in [0.15, 0.2) is 0 Å². The zero-order valence-electron chi connectivity index (χ0n) is 11.6. The van der Waals surface area contributed by atoms with Crippen LogP contribution in [0.1, 0.15) is 47.0 Å². The Morgan fingerprint density at radius 2 is 1.88 bits per heavy atom. The first-order valence-electron chi connectivity index (χ1n) is 6.42. The summed E-state index contributed by atoms with van der Waals surface area (Å²) in [5.74, 6) is 0. The summed E-state index contributed by atoms with van der Waals surface area (Å²) in [6.07, 6.45) is 3.21. The van der Waals surface area contributed by atoms with Crippen molar-refractivity contribution in [1.29, 1.82) is 0 Å². The highest BCUT2D eigenvalue weighted by atomic mass is 16.5. The van der Waals surface area contributed by atoms with E-state index in [0.717, 1.165) is 39.0 Å². The van der Waals surface area contributed by atoms with Crippen molar-refractivity contribution in [3.63, 3.8) is 0 Å². The normalized spacial score (nSPS) is 14.1. The molecule has 3 nitrogen and oxygen atoms in total. The summed E-state index contributed by atoms with van der Waals surface area (Å²) < 4.78 is 11.1. The summed E-state index contributed by atoms with van der Waals surface area (Å²) in [5, 5.41) is 3.51. The Bertz CT molecular complexity index is 160.